The zero-order chi connectivity index (χ0) is 11.6. The second-order valence-corrected chi connectivity index (χ2v) is 3.89. The van der Waals surface area contributed by atoms with Crippen LogP contribution in [0.5, 0.6) is 0 Å². The largest absolute Gasteiger partial charge is 0.523 e. The lowest BCUT2D eigenvalue weighted by Crippen LogP contribution is -2.37. The molecule has 0 aromatic heterocycles. The van der Waals surface area contributed by atoms with Gasteiger partial charge in [-0.1, -0.05) is 0 Å². The Hall–Kier alpha value is -0.380. The molecule has 0 fully saturated rings. The third-order valence-corrected chi connectivity index (χ3v) is 2.45. The molecule has 5 nitrogen and oxygen atoms in total. The SMILES string of the molecule is CON(C)C(C)OS(=O)(=O)C(F)(F)F. The molecule has 0 aliphatic heterocycles. The van der Waals surface area contributed by atoms with Crippen molar-refractivity contribution in [2.24, 2.45) is 0 Å². The molecule has 0 aliphatic carbocycles. The summed E-state index contributed by atoms with van der Waals surface area (Å²) in [5.74, 6) is 0. The minimum absolute atomic E-state index is 0.823. The van der Waals surface area contributed by atoms with E-state index in [-0.39, 0.29) is 0 Å². The van der Waals surface area contributed by atoms with Gasteiger partial charge < -0.3 is 4.84 Å². The molecule has 0 radical (unpaired) electrons. The van der Waals surface area contributed by atoms with Crippen LogP contribution in [0.4, 0.5) is 13.2 Å². The highest BCUT2D eigenvalue weighted by Crippen LogP contribution is 2.25. The average molecular weight is 237 g/mol. The van der Waals surface area contributed by atoms with Crippen LogP contribution in [0, 0.1) is 0 Å². The van der Waals surface area contributed by atoms with E-state index in [0.717, 1.165) is 12.0 Å². The number of hydroxylamine groups is 2. The summed E-state index contributed by atoms with van der Waals surface area (Å²) in [5, 5.41) is 0.823. The molecule has 86 valence electrons. The van der Waals surface area contributed by atoms with Crippen LogP contribution in [0.25, 0.3) is 0 Å². The van der Waals surface area contributed by atoms with E-state index in [1.54, 1.807) is 0 Å². The first-order chi connectivity index (χ1) is 6.12. The molecule has 0 aliphatic rings. The topological polar surface area (TPSA) is 55.8 Å². The third-order valence-electron chi connectivity index (χ3n) is 1.35. The number of nitrogens with zero attached hydrogens (tertiary/aromatic N) is 1. The van der Waals surface area contributed by atoms with Gasteiger partial charge in [0.15, 0.2) is 0 Å². The van der Waals surface area contributed by atoms with Crippen molar-refractivity contribution in [3.8, 4) is 0 Å². The van der Waals surface area contributed by atoms with E-state index in [1.165, 1.54) is 14.2 Å². The molecule has 0 saturated heterocycles. The second kappa shape index (κ2) is 4.43. The van der Waals surface area contributed by atoms with E-state index in [0.29, 0.717) is 0 Å². The van der Waals surface area contributed by atoms with Gasteiger partial charge in [-0.15, -0.1) is 0 Å². The molecular formula is C5H10F3NO4S. The zero-order valence-electron chi connectivity index (χ0n) is 7.70. The fraction of sp³-hybridized carbons (Fsp3) is 1.00. The van der Waals surface area contributed by atoms with Crippen molar-refractivity contribution in [3.05, 3.63) is 0 Å². The van der Waals surface area contributed by atoms with Gasteiger partial charge in [0.1, 0.15) is 6.23 Å². The predicted octanol–water partition coefficient (Wildman–Crippen LogP) is 0.692. The lowest BCUT2D eigenvalue weighted by Gasteiger charge is -2.21. The van der Waals surface area contributed by atoms with Crippen molar-refractivity contribution in [1.29, 1.82) is 0 Å². The zero-order valence-corrected chi connectivity index (χ0v) is 8.52. The fourth-order valence-electron chi connectivity index (χ4n) is 0.447. The molecule has 0 heterocycles. The second-order valence-electron chi connectivity index (χ2n) is 2.32. The summed E-state index contributed by atoms with van der Waals surface area (Å²) in [6, 6.07) is 0. The molecule has 14 heavy (non-hydrogen) atoms. The van der Waals surface area contributed by atoms with Crippen LogP contribution in [0.3, 0.4) is 0 Å². The van der Waals surface area contributed by atoms with E-state index in [1.807, 2.05) is 0 Å². The summed E-state index contributed by atoms with van der Waals surface area (Å²) >= 11 is 0. The van der Waals surface area contributed by atoms with Gasteiger partial charge in [0.25, 0.3) is 0 Å². The number of halogens is 3. The summed E-state index contributed by atoms with van der Waals surface area (Å²) in [4.78, 5) is 4.45. The average Bonchev–Trinajstić information content (AvgIpc) is 2.00. The summed E-state index contributed by atoms with van der Waals surface area (Å²) < 4.78 is 60.1. The minimum Gasteiger partial charge on any atom is -0.300 e. The van der Waals surface area contributed by atoms with E-state index < -0.39 is 21.9 Å². The molecule has 0 bridgehead atoms. The Labute approximate surface area is 79.5 Å². The maximum Gasteiger partial charge on any atom is 0.523 e. The van der Waals surface area contributed by atoms with Crippen molar-refractivity contribution in [2.75, 3.05) is 14.2 Å². The van der Waals surface area contributed by atoms with Gasteiger partial charge in [-0.05, 0) is 6.92 Å². The first-order valence-corrected chi connectivity index (χ1v) is 4.79. The van der Waals surface area contributed by atoms with E-state index in [2.05, 4.69) is 9.02 Å². The van der Waals surface area contributed by atoms with Gasteiger partial charge in [-0.3, -0.25) is 0 Å². The van der Waals surface area contributed by atoms with Crippen molar-refractivity contribution in [2.45, 2.75) is 18.7 Å². The summed E-state index contributed by atoms with van der Waals surface area (Å²) in [7, 11) is -3.17. The van der Waals surface area contributed by atoms with Crippen LogP contribution >= 0.6 is 0 Å². The maximum absolute atomic E-state index is 11.8. The Morgan fingerprint density at radius 2 is 1.79 bits per heavy atom. The molecule has 0 rings (SSSR count). The first-order valence-electron chi connectivity index (χ1n) is 3.38. The Morgan fingerprint density at radius 3 is 2.07 bits per heavy atom. The van der Waals surface area contributed by atoms with Gasteiger partial charge in [-0.2, -0.15) is 26.7 Å². The molecular weight excluding hydrogens is 227 g/mol. The van der Waals surface area contributed by atoms with Crippen LogP contribution in [0.1, 0.15) is 6.92 Å². The van der Waals surface area contributed by atoms with Gasteiger partial charge in [-0.25, -0.2) is 4.18 Å². The van der Waals surface area contributed by atoms with Gasteiger partial charge in [0.05, 0.1) is 7.11 Å². The number of hydrogen-bond acceptors (Lipinski definition) is 5. The highest BCUT2D eigenvalue weighted by molar-refractivity contribution is 7.87. The Balaban J connectivity index is 4.54. The normalized spacial score (nSPS) is 15.9. The smallest absolute Gasteiger partial charge is 0.300 e. The number of alkyl halides is 3. The Kier molecular flexibility index (Phi) is 4.31. The van der Waals surface area contributed by atoms with Crippen LogP contribution in [-0.4, -0.2) is 39.4 Å². The molecule has 0 aromatic carbocycles. The summed E-state index contributed by atoms with van der Waals surface area (Å²) in [6.45, 7) is 1.10. The van der Waals surface area contributed by atoms with Crippen LogP contribution in [0.2, 0.25) is 0 Å². The quantitative estimate of drug-likeness (QED) is 0.311. The first kappa shape index (κ1) is 13.6. The monoisotopic (exact) mass is 237 g/mol. The predicted molar refractivity (Wildman–Crippen MR) is 40.3 cm³/mol. The standard InChI is InChI=1S/C5H10F3NO4S/c1-4(9(2)12-3)13-14(10,11)5(6,7)8/h4H,1-3H3. The van der Waals surface area contributed by atoms with Crippen molar-refractivity contribution in [1.82, 2.24) is 5.06 Å². The lowest BCUT2D eigenvalue weighted by molar-refractivity contribution is -0.189. The van der Waals surface area contributed by atoms with Crippen molar-refractivity contribution in [3.63, 3.8) is 0 Å². The molecule has 0 aromatic rings. The molecule has 1 atom stereocenters. The fourth-order valence-corrected chi connectivity index (χ4v) is 1.04. The Morgan fingerprint density at radius 1 is 1.36 bits per heavy atom. The summed E-state index contributed by atoms with van der Waals surface area (Å²) in [6.07, 6.45) is -1.35. The molecule has 9 heteroatoms. The van der Waals surface area contributed by atoms with Crippen LogP contribution in [0.15, 0.2) is 0 Å². The number of hydrogen-bond donors (Lipinski definition) is 0. The number of rotatable bonds is 4. The highest BCUT2D eigenvalue weighted by atomic mass is 32.2. The molecule has 0 amide bonds. The lowest BCUT2D eigenvalue weighted by atomic mass is 10.7. The van der Waals surface area contributed by atoms with E-state index >= 15 is 0 Å². The van der Waals surface area contributed by atoms with Crippen LogP contribution < -0.4 is 0 Å². The third kappa shape index (κ3) is 3.40. The maximum atomic E-state index is 11.8. The van der Waals surface area contributed by atoms with Gasteiger partial charge in [0, 0.05) is 7.05 Å². The van der Waals surface area contributed by atoms with E-state index in [4.69, 9.17) is 0 Å². The van der Waals surface area contributed by atoms with Crippen LogP contribution in [-0.2, 0) is 19.1 Å². The molecule has 1 unspecified atom stereocenters. The molecule has 0 spiro atoms. The van der Waals surface area contributed by atoms with Crippen molar-refractivity contribution >= 4 is 10.1 Å². The molecule has 0 N–H and O–H groups in total. The highest BCUT2D eigenvalue weighted by Gasteiger charge is 2.48. The summed E-state index contributed by atoms with van der Waals surface area (Å²) in [5.41, 5.74) is -5.42. The van der Waals surface area contributed by atoms with Crippen molar-refractivity contribution < 1.29 is 30.6 Å². The Bertz CT molecular complexity index is 275. The minimum atomic E-state index is -5.57. The van der Waals surface area contributed by atoms with Gasteiger partial charge in [0.2, 0.25) is 0 Å². The van der Waals surface area contributed by atoms with E-state index in [9.17, 15) is 21.6 Å². The molecule has 0 saturated carbocycles. The van der Waals surface area contributed by atoms with Gasteiger partial charge >= 0.3 is 15.6 Å².